The predicted molar refractivity (Wildman–Crippen MR) is 71.1 cm³/mol. The molecule has 0 aromatic carbocycles. The molecule has 0 radical (unpaired) electrons. The summed E-state index contributed by atoms with van der Waals surface area (Å²) in [6.07, 6.45) is 5.47. The van der Waals surface area contributed by atoms with Crippen LogP contribution >= 0.6 is 0 Å². The highest BCUT2D eigenvalue weighted by atomic mass is 14.3. The third-order valence-corrected chi connectivity index (χ3v) is 3.99. The van der Waals surface area contributed by atoms with Gasteiger partial charge in [0.1, 0.15) is 0 Å². The second kappa shape index (κ2) is 6.55. The van der Waals surface area contributed by atoms with Crippen molar-refractivity contribution in [2.24, 2.45) is 23.2 Å². The first kappa shape index (κ1) is 15.0. The molecule has 0 fully saturated rings. The summed E-state index contributed by atoms with van der Waals surface area (Å²) in [7, 11) is 0. The Hall–Kier alpha value is 0. The largest absolute Gasteiger partial charge is 0.0651 e. The molecule has 0 heteroatoms. The van der Waals surface area contributed by atoms with E-state index < -0.39 is 0 Å². The van der Waals surface area contributed by atoms with Crippen LogP contribution in [0.5, 0.6) is 0 Å². The van der Waals surface area contributed by atoms with E-state index >= 15 is 0 Å². The van der Waals surface area contributed by atoms with Gasteiger partial charge in [0.05, 0.1) is 0 Å². The van der Waals surface area contributed by atoms with Crippen LogP contribution in [0, 0.1) is 23.2 Å². The Kier molecular flexibility index (Phi) is 6.55. The lowest BCUT2D eigenvalue weighted by Gasteiger charge is -2.34. The summed E-state index contributed by atoms with van der Waals surface area (Å²) in [5.74, 6) is 2.67. The molecule has 0 aliphatic rings. The summed E-state index contributed by atoms with van der Waals surface area (Å²) in [5.41, 5.74) is 0.479. The molecule has 0 bridgehead atoms. The topological polar surface area (TPSA) is 0 Å². The van der Waals surface area contributed by atoms with E-state index in [2.05, 4.69) is 48.5 Å². The van der Waals surface area contributed by atoms with Gasteiger partial charge in [0.15, 0.2) is 0 Å². The van der Waals surface area contributed by atoms with Gasteiger partial charge in [-0.15, -0.1) is 0 Å². The lowest BCUT2D eigenvalue weighted by molar-refractivity contribution is 0.163. The maximum Gasteiger partial charge on any atom is -0.0354 e. The molecule has 2 unspecified atom stereocenters. The molecule has 0 aromatic rings. The molecule has 0 aliphatic carbocycles. The van der Waals surface area contributed by atoms with Gasteiger partial charge >= 0.3 is 0 Å². The van der Waals surface area contributed by atoms with Crippen molar-refractivity contribution < 1.29 is 0 Å². The van der Waals surface area contributed by atoms with Gasteiger partial charge in [-0.3, -0.25) is 0 Å². The third kappa shape index (κ3) is 6.22. The second-order valence-corrected chi connectivity index (χ2v) is 6.56. The molecule has 0 spiro atoms. The van der Waals surface area contributed by atoms with Crippen molar-refractivity contribution in [1.29, 1.82) is 0 Å². The van der Waals surface area contributed by atoms with Gasteiger partial charge in [0.25, 0.3) is 0 Å². The monoisotopic (exact) mass is 212 g/mol. The molecule has 0 rings (SSSR count). The van der Waals surface area contributed by atoms with Gasteiger partial charge in [-0.05, 0) is 36.0 Å². The number of rotatable bonds is 6. The molecule has 0 aromatic heterocycles. The van der Waals surface area contributed by atoms with Crippen molar-refractivity contribution in [3.63, 3.8) is 0 Å². The fourth-order valence-corrected chi connectivity index (χ4v) is 2.11. The van der Waals surface area contributed by atoms with Crippen LogP contribution in [0.3, 0.4) is 0 Å². The molecule has 0 saturated carbocycles. The van der Waals surface area contributed by atoms with Crippen LogP contribution in [0.15, 0.2) is 0 Å². The van der Waals surface area contributed by atoms with E-state index in [4.69, 9.17) is 0 Å². The van der Waals surface area contributed by atoms with E-state index in [1.807, 2.05) is 0 Å². The SMILES string of the molecule is CCC(C)CC(CC(C)CC)C(C)(C)C. The Morgan fingerprint density at radius 3 is 1.33 bits per heavy atom. The van der Waals surface area contributed by atoms with Crippen LogP contribution in [0.2, 0.25) is 0 Å². The van der Waals surface area contributed by atoms with Crippen molar-refractivity contribution in [3.8, 4) is 0 Å². The Morgan fingerprint density at radius 1 is 0.800 bits per heavy atom. The van der Waals surface area contributed by atoms with E-state index in [1.54, 1.807) is 0 Å². The Balaban J connectivity index is 4.32. The Bertz CT molecular complexity index is 140. The highest BCUT2D eigenvalue weighted by Crippen LogP contribution is 2.37. The van der Waals surface area contributed by atoms with Crippen LogP contribution in [0.1, 0.15) is 74.1 Å². The fourth-order valence-electron chi connectivity index (χ4n) is 2.11. The highest BCUT2D eigenvalue weighted by Gasteiger charge is 2.26. The lowest BCUT2D eigenvalue weighted by atomic mass is 9.71. The number of hydrogen-bond donors (Lipinski definition) is 0. The molecule has 0 heterocycles. The minimum Gasteiger partial charge on any atom is -0.0651 e. The van der Waals surface area contributed by atoms with Crippen LogP contribution in [0.25, 0.3) is 0 Å². The molecule has 0 saturated heterocycles. The standard InChI is InChI=1S/C15H32/c1-8-12(3)10-14(15(5,6)7)11-13(4)9-2/h12-14H,8-11H2,1-7H3. The molecular formula is C15H32. The predicted octanol–water partition coefficient (Wildman–Crippen LogP) is 5.52. The van der Waals surface area contributed by atoms with Crippen molar-refractivity contribution in [3.05, 3.63) is 0 Å². The molecule has 0 aliphatic heterocycles. The zero-order valence-electron chi connectivity index (χ0n) is 12.1. The third-order valence-electron chi connectivity index (χ3n) is 3.99. The van der Waals surface area contributed by atoms with E-state index in [-0.39, 0.29) is 0 Å². The van der Waals surface area contributed by atoms with Gasteiger partial charge in [-0.1, -0.05) is 61.3 Å². The molecule has 2 atom stereocenters. The van der Waals surface area contributed by atoms with Crippen molar-refractivity contribution in [1.82, 2.24) is 0 Å². The summed E-state index contributed by atoms with van der Waals surface area (Å²) in [6, 6.07) is 0. The van der Waals surface area contributed by atoms with E-state index in [0.29, 0.717) is 5.41 Å². The molecule has 0 amide bonds. The first-order chi connectivity index (χ1) is 6.81. The zero-order chi connectivity index (χ0) is 12.1. The van der Waals surface area contributed by atoms with Crippen molar-refractivity contribution in [2.45, 2.75) is 74.1 Å². The van der Waals surface area contributed by atoms with E-state index in [0.717, 1.165) is 17.8 Å². The summed E-state index contributed by atoms with van der Waals surface area (Å²) in [5, 5.41) is 0. The molecular weight excluding hydrogens is 180 g/mol. The van der Waals surface area contributed by atoms with Crippen LogP contribution < -0.4 is 0 Å². The minimum absolute atomic E-state index is 0.479. The number of hydrogen-bond acceptors (Lipinski definition) is 0. The van der Waals surface area contributed by atoms with Gasteiger partial charge in [-0.2, -0.15) is 0 Å². The maximum absolute atomic E-state index is 2.41. The second-order valence-electron chi connectivity index (χ2n) is 6.56. The van der Waals surface area contributed by atoms with Gasteiger partial charge in [0.2, 0.25) is 0 Å². The Morgan fingerprint density at radius 2 is 1.13 bits per heavy atom. The quantitative estimate of drug-likeness (QED) is 0.543. The van der Waals surface area contributed by atoms with Crippen LogP contribution in [-0.2, 0) is 0 Å². The molecule has 15 heavy (non-hydrogen) atoms. The molecule has 0 N–H and O–H groups in total. The summed E-state index contributed by atoms with van der Waals surface area (Å²) >= 11 is 0. The maximum atomic E-state index is 2.41. The van der Waals surface area contributed by atoms with Crippen molar-refractivity contribution >= 4 is 0 Å². The lowest BCUT2D eigenvalue weighted by Crippen LogP contribution is -2.24. The first-order valence-corrected chi connectivity index (χ1v) is 6.81. The minimum atomic E-state index is 0.479. The van der Waals surface area contributed by atoms with Crippen LogP contribution in [-0.4, -0.2) is 0 Å². The summed E-state index contributed by atoms with van der Waals surface area (Å²) in [4.78, 5) is 0. The van der Waals surface area contributed by atoms with Crippen molar-refractivity contribution in [2.75, 3.05) is 0 Å². The average molecular weight is 212 g/mol. The summed E-state index contributed by atoms with van der Waals surface area (Å²) < 4.78 is 0. The summed E-state index contributed by atoms with van der Waals surface area (Å²) in [6.45, 7) is 16.6. The van der Waals surface area contributed by atoms with E-state index in [9.17, 15) is 0 Å². The normalized spacial score (nSPS) is 18.6. The Labute approximate surface area is 97.8 Å². The van der Waals surface area contributed by atoms with Gasteiger partial charge in [0, 0.05) is 0 Å². The van der Waals surface area contributed by atoms with Crippen LogP contribution in [0.4, 0.5) is 0 Å². The molecule has 0 nitrogen and oxygen atoms in total. The highest BCUT2D eigenvalue weighted by molar-refractivity contribution is 4.77. The fraction of sp³-hybridized carbons (Fsp3) is 1.00. The molecule has 92 valence electrons. The average Bonchev–Trinajstić information content (AvgIpc) is 2.14. The zero-order valence-corrected chi connectivity index (χ0v) is 12.1. The van der Waals surface area contributed by atoms with E-state index in [1.165, 1.54) is 25.7 Å². The smallest absolute Gasteiger partial charge is 0.0354 e. The first-order valence-electron chi connectivity index (χ1n) is 6.81. The van der Waals surface area contributed by atoms with Gasteiger partial charge in [-0.25, -0.2) is 0 Å². The van der Waals surface area contributed by atoms with Gasteiger partial charge < -0.3 is 0 Å².